The summed E-state index contributed by atoms with van der Waals surface area (Å²) in [5, 5.41) is 2.45. The molecule has 1 amide bonds. The van der Waals surface area contributed by atoms with Crippen molar-refractivity contribution in [1.29, 1.82) is 0 Å². The molecule has 1 aromatic heterocycles. The van der Waals surface area contributed by atoms with Crippen LogP contribution in [0.3, 0.4) is 0 Å². The second kappa shape index (κ2) is 5.51. The smallest absolute Gasteiger partial charge is 0.260 e. The molecule has 0 aromatic carbocycles. The zero-order valence-electron chi connectivity index (χ0n) is 10.1. The first kappa shape index (κ1) is 13.7. The molecule has 1 atom stereocenters. The molecular formula is C10H15N5O3S. The monoisotopic (exact) mass is 285 g/mol. The molecule has 2 rings (SSSR count). The third kappa shape index (κ3) is 3.19. The molecule has 1 saturated heterocycles. The van der Waals surface area contributed by atoms with Crippen molar-refractivity contribution in [3.63, 3.8) is 0 Å². The molecule has 0 spiro atoms. The van der Waals surface area contributed by atoms with Crippen molar-refractivity contribution < 1.29 is 13.2 Å². The summed E-state index contributed by atoms with van der Waals surface area (Å²) >= 11 is 0. The lowest BCUT2D eigenvalue weighted by atomic mass is 10.1. The van der Waals surface area contributed by atoms with Gasteiger partial charge in [0.05, 0.1) is 5.69 Å². The van der Waals surface area contributed by atoms with E-state index in [0.29, 0.717) is 12.8 Å². The number of aromatic nitrogens is 1. The van der Waals surface area contributed by atoms with E-state index in [-0.39, 0.29) is 29.2 Å². The number of carbonyl (C=O) groups is 1. The lowest BCUT2D eigenvalue weighted by molar-refractivity contribution is -0.122. The number of nitrogens with two attached hydrogens (primary N) is 1. The summed E-state index contributed by atoms with van der Waals surface area (Å²) in [6, 6.07) is 2.76. The predicted octanol–water partition coefficient (Wildman–Crippen LogP) is -1.08. The average molecular weight is 285 g/mol. The summed E-state index contributed by atoms with van der Waals surface area (Å²) in [6.07, 6.45) is 2.14. The Labute approximate surface area is 110 Å². The average Bonchev–Trinajstić information content (AvgIpc) is 2.41. The Morgan fingerprint density at radius 2 is 2.26 bits per heavy atom. The molecule has 1 aliphatic rings. The summed E-state index contributed by atoms with van der Waals surface area (Å²) in [4.78, 5) is 14.8. The molecule has 2 heterocycles. The number of hydrogen-bond acceptors (Lipinski definition) is 6. The van der Waals surface area contributed by atoms with Crippen LogP contribution in [-0.2, 0) is 14.8 Å². The SMILES string of the molecule is NNc1cccnc1S(=O)(=O)NC1CCC(=O)NC1. The molecule has 0 bridgehead atoms. The minimum Gasteiger partial charge on any atom is -0.355 e. The highest BCUT2D eigenvalue weighted by Gasteiger charge is 2.26. The number of nitrogens with one attached hydrogen (secondary N) is 3. The van der Waals surface area contributed by atoms with Crippen LogP contribution in [-0.4, -0.2) is 31.9 Å². The van der Waals surface area contributed by atoms with E-state index in [4.69, 9.17) is 5.84 Å². The Hall–Kier alpha value is -1.71. The highest BCUT2D eigenvalue weighted by molar-refractivity contribution is 7.89. The lowest BCUT2D eigenvalue weighted by Gasteiger charge is -2.23. The number of hydrazine groups is 1. The summed E-state index contributed by atoms with van der Waals surface area (Å²) in [5.74, 6) is 5.19. The molecule has 5 N–H and O–H groups in total. The van der Waals surface area contributed by atoms with Crippen molar-refractivity contribution in [3.05, 3.63) is 18.3 Å². The van der Waals surface area contributed by atoms with Crippen LogP contribution in [0.5, 0.6) is 0 Å². The number of nitrogen functional groups attached to an aromatic ring is 1. The van der Waals surface area contributed by atoms with E-state index in [1.807, 2.05) is 0 Å². The topological polar surface area (TPSA) is 126 Å². The number of sulfonamides is 1. The second-order valence-corrected chi connectivity index (χ2v) is 5.79. The van der Waals surface area contributed by atoms with Crippen molar-refractivity contribution in [2.75, 3.05) is 12.0 Å². The fourth-order valence-corrected chi connectivity index (χ4v) is 3.19. The Morgan fingerprint density at radius 3 is 2.89 bits per heavy atom. The van der Waals surface area contributed by atoms with Gasteiger partial charge in [0.2, 0.25) is 5.91 Å². The number of anilines is 1. The maximum Gasteiger partial charge on any atom is 0.260 e. The lowest BCUT2D eigenvalue weighted by Crippen LogP contribution is -2.47. The Balaban J connectivity index is 2.16. The summed E-state index contributed by atoms with van der Waals surface area (Å²) < 4.78 is 26.9. The predicted molar refractivity (Wildman–Crippen MR) is 68.4 cm³/mol. The van der Waals surface area contributed by atoms with Gasteiger partial charge in [-0.2, -0.15) is 0 Å². The number of pyridine rings is 1. The molecule has 104 valence electrons. The number of carbonyl (C=O) groups excluding carboxylic acids is 1. The Morgan fingerprint density at radius 1 is 1.47 bits per heavy atom. The van der Waals surface area contributed by atoms with Gasteiger partial charge in [-0.05, 0) is 18.6 Å². The van der Waals surface area contributed by atoms with E-state index in [9.17, 15) is 13.2 Å². The number of rotatable bonds is 4. The first-order valence-electron chi connectivity index (χ1n) is 5.73. The fourth-order valence-electron chi connectivity index (χ4n) is 1.82. The highest BCUT2D eigenvalue weighted by Crippen LogP contribution is 2.17. The van der Waals surface area contributed by atoms with E-state index in [1.54, 1.807) is 6.07 Å². The van der Waals surface area contributed by atoms with Crippen LogP contribution in [0.1, 0.15) is 12.8 Å². The summed E-state index contributed by atoms with van der Waals surface area (Å²) in [6.45, 7) is 0.274. The Bertz CT molecular complexity index is 564. The van der Waals surface area contributed by atoms with Gasteiger partial charge in [0.15, 0.2) is 5.03 Å². The normalized spacial score (nSPS) is 19.8. The van der Waals surface area contributed by atoms with E-state index < -0.39 is 10.0 Å². The minimum atomic E-state index is -3.78. The molecule has 1 fully saturated rings. The van der Waals surface area contributed by atoms with Crippen molar-refractivity contribution in [2.24, 2.45) is 5.84 Å². The minimum absolute atomic E-state index is 0.0717. The quantitative estimate of drug-likeness (QED) is 0.412. The first-order valence-corrected chi connectivity index (χ1v) is 7.22. The van der Waals surface area contributed by atoms with E-state index in [2.05, 4.69) is 20.4 Å². The van der Waals surface area contributed by atoms with Gasteiger partial charge in [-0.1, -0.05) is 0 Å². The molecule has 19 heavy (non-hydrogen) atoms. The molecule has 9 heteroatoms. The van der Waals surface area contributed by atoms with Crippen molar-refractivity contribution >= 4 is 21.6 Å². The molecule has 1 unspecified atom stereocenters. The molecule has 1 aromatic rings. The third-order valence-corrected chi connectivity index (χ3v) is 4.25. The largest absolute Gasteiger partial charge is 0.355 e. The molecule has 0 radical (unpaired) electrons. The van der Waals surface area contributed by atoms with Crippen LogP contribution in [0.2, 0.25) is 0 Å². The van der Waals surface area contributed by atoms with Crippen molar-refractivity contribution in [1.82, 2.24) is 15.0 Å². The second-order valence-electron chi connectivity index (χ2n) is 4.16. The number of amides is 1. The van der Waals surface area contributed by atoms with Gasteiger partial charge in [0, 0.05) is 25.2 Å². The van der Waals surface area contributed by atoms with Crippen LogP contribution in [0.4, 0.5) is 5.69 Å². The van der Waals surface area contributed by atoms with Gasteiger partial charge in [-0.3, -0.25) is 10.6 Å². The molecule has 0 saturated carbocycles. The van der Waals surface area contributed by atoms with Gasteiger partial charge < -0.3 is 10.7 Å². The molecule has 8 nitrogen and oxygen atoms in total. The van der Waals surface area contributed by atoms with E-state index >= 15 is 0 Å². The van der Waals surface area contributed by atoms with Gasteiger partial charge in [-0.25, -0.2) is 18.1 Å². The number of nitrogens with zero attached hydrogens (tertiary/aromatic N) is 1. The zero-order valence-corrected chi connectivity index (χ0v) is 10.9. The number of piperidine rings is 1. The molecular weight excluding hydrogens is 270 g/mol. The third-order valence-electron chi connectivity index (χ3n) is 2.77. The zero-order chi connectivity index (χ0) is 13.9. The van der Waals surface area contributed by atoms with Crippen molar-refractivity contribution in [3.8, 4) is 0 Å². The molecule has 0 aliphatic carbocycles. The van der Waals surface area contributed by atoms with Gasteiger partial charge in [0.1, 0.15) is 0 Å². The van der Waals surface area contributed by atoms with Gasteiger partial charge in [0.25, 0.3) is 10.0 Å². The summed E-state index contributed by atoms with van der Waals surface area (Å²) in [7, 11) is -3.78. The maximum atomic E-state index is 12.2. The number of hydrogen-bond donors (Lipinski definition) is 4. The highest BCUT2D eigenvalue weighted by atomic mass is 32.2. The van der Waals surface area contributed by atoms with Crippen LogP contribution in [0.15, 0.2) is 23.4 Å². The Kier molecular flexibility index (Phi) is 3.98. The first-order chi connectivity index (χ1) is 9.03. The van der Waals surface area contributed by atoms with Crippen LogP contribution in [0, 0.1) is 0 Å². The van der Waals surface area contributed by atoms with Crippen LogP contribution < -0.4 is 21.3 Å². The van der Waals surface area contributed by atoms with Gasteiger partial charge >= 0.3 is 0 Å². The maximum absolute atomic E-state index is 12.2. The summed E-state index contributed by atoms with van der Waals surface area (Å²) in [5.41, 5.74) is 2.51. The van der Waals surface area contributed by atoms with Crippen LogP contribution in [0.25, 0.3) is 0 Å². The fraction of sp³-hybridized carbons (Fsp3) is 0.400. The van der Waals surface area contributed by atoms with Gasteiger partial charge in [-0.15, -0.1) is 0 Å². The van der Waals surface area contributed by atoms with E-state index in [1.165, 1.54) is 12.3 Å². The van der Waals surface area contributed by atoms with Crippen molar-refractivity contribution in [2.45, 2.75) is 23.9 Å². The standard InChI is InChI=1S/C10H15N5O3S/c11-14-8-2-1-5-12-10(8)19(17,18)15-7-3-4-9(16)13-6-7/h1-2,5,7,14-15H,3-4,6,11H2,(H,13,16). The van der Waals surface area contributed by atoms with Crippen LogP contribution >= 0.6 is 0 Å². The molecule has 1 aliphatic heterocycles. The van der Waals surface area contributed by atoms with E-state index in [0.717, 1.165) is 0 Å².